The van der Waals surface area contributed by atoms with Crippen LogP contribution in [0, 0.1) is 5.92 Å². The van der Waals surface area contributed by atoms with Gasteiger partial charge in [0.05, 0.1) is 17.4 Å². The molecule has 0 spiro atoms. The number of quaternary nitrogens is 1. The number of phenols is 1. The number of carbonyl (C=O) groups is 2. The van der Waals surface area contributed by atoms with E-state index in [0.717, 1.165) is 11.3 Å². The predicted octanol–water partition coefficient (Wildman–Crippen LogP) is -0.211. The van der Waals surface area contributed by atoms with Crippen LogP contribution >= 0.6 is 0 Å². The summed E-state index contributed by atoms with van der Waals surface area (Å²) in [7, 11) is 7.28. The van der Waals surface area contributed by atoms with E-state index in [1.165, 1.54) is 0 Å². The van der Waals surface area contributed by atoms with Gasteiger partial charge in [0.1, 0.15) is 5.75 Å². The standard InChI is InChI=1S/C23H27N5O5/c1-27(2)12-5-6-13(29)15-10(12)7-9-8-11-18(28(3)4)19(30)16(22(24)32)21(31)23(11,33)20-14(9)17(15)25-26-20/h5-6,9,11,18,29,31,33H,7-8H2,1-4H3,(H2,24,32)(H,25,26)/p+1. The Kier molecular flexibility index (Phi) is 4.52. The van der Waals surface area contributed by atoms with Gasteiger partial charge in [-0.2, -0.15) is 5.10 Å². The van der Waals surface area contributed by atoms with Gasteiger partial charge in [0.15, 0.2) is 22.7 Å². The van der Waals surface area contributed by atoms with Crippen LogP contribution in [-0.4, -0.2) is 76.3 Å². The molecule has 0 aliphatic heterocycles. The molecule has 1 aromatic heterocycles. The molecule has 0 fully saturated rings. The zero-order valence-corrected chi connectivity index (χ0v) is 19.0. The number of amides is 1. The Morgan fingerprint density at radius 1 is 1.24 bits per heavy atom. The number of hydrogen-bond acceptors (Lipinski definition) is 8. The van der Waals surface area contributed by atoms with E-state index in [4.69, 9.17) is 0 Å². The van der Waals surface area contributed by atoms with Crippen molar-refractivity contribution in [2.75, 3.05) is 33.1 Å². The molecule has 10 heteroatoms. The van der Waals surface area contributed by atoms with Crippen molar-refractivity contribution in [3.05, 3.63) is 40.3 Å². The molecule has 0 saturated carbocycles. The van der Waals surface area contributed by atoms with Crippen molar-refractivity contribution >= 4 is 17.4 Å². The largest absolute Gasteiger partial charge is 0.508 e. The molecule has 0 radical (unpaired) electrons. The topological polar surface area (TPSA) is 158 Å². The van der Waals surface area contributed by atoms with Crippen LogP contribution in [0.1, 0.15) is 29.2 Å². The number of aromatic hydroxyl groups is 1. The van der Waals surface area contributed by atoms with E-state index in [1.807, 2.05) is 25.1 Å². The number of phenolic OH excluding ortho intramolecular Hbond substituents is 1. The Morgan fingerprint density at radius 3 is 2.55 bits per heavy atom. The number of nitrogens with zero attached hydrogens (tertiary/aromatic N) is 3. The molecule has 174 valence electrons. The van der Waals surface area contributed by atoms with Gasteiger partial charge in [-0.15, -0.1) is 0 Å². The normalized spacial score (nSPS) is 27.8. The number of hydrogen-bond donors (Lipinski definition) is 5. The van der Waals surface area contributed by atoms with Crippen molar-refractivity contribution in [3.63, 3.8) is 0 Å². The second-order valence-corrected chi connectivity index (χ2v) is 9.64. The third-order valence-corrected chi connectivity index (χ3v) is 7.43. The molecule has 5 rings (SSSR count). The van der Waals surface area contributed by atoms with Gasteiger partial charge in [-0.3, -0.25) is 20.5 Å². The molecule has 3 aliphatic rings. The van der Waals surface area contributed by atoms with Gasteiger partial charge in [-0.05, 0) is 50.6 Å². The van der Waals surface area contributed by atoms with Crippen molar-refractivity contribution in [1.82, 2.24) is 15.1 Å². The lowest BCUT2D eigenvalue weighted by Gasteiger charge is -2.49. The zero-order chi connectivity index (χ0) is 24.0. The highest BCUT2D eigenvalue weighted by atomic mass is 16.3. The van der Waals surface area contributed by atoms with Crippen LogP contribution in [-0.2, 0) is 21.6 Å². The van der Waals surface area contributed by atoms with E-state index in [9.17, 15) is 24.9 Å². The lowest BCUT2D eigenvalue weighted by atomic mass is 9.59. The summed E-state index contributed by atoms with van der Waals surface area (Å²) in [6.07, 6.45) is 0.957. The van der Waals surface area contributed by atoms with Crippen LogP contribution in [0.2, 0.25) is 0 Å². The van der Waals surface area contributed by atoms with Crippen molar-refractivity contribution in [2.24, 2.45) is 5.92 Å². The molecule has 1 heterocycles. The maximum Gasteiger partial charge on any atom is 0.348 e. The average molecular weight is 455 g/mol. The molecule has 4 atom stereocenters. The lowest BCUT2D eigenvalue weighted by Crippen LogP contribution is -2.65. The van der Waals surface area contributed by atoms with E-state index in [-0.39, 0.29) is 17.4 Å². The summed E-state index contributed by atoms with van der Waals surface area (Å²) < 4.78 is 0. The van der Waals surface area contributed by atoms with Crippen molar-refractivity contribution in [2.45, 2.75) is 30.4 Å². The van der Waals surface area contributed by atoms with Gasteiger partial charge in [0, 0.05) is 36.8 Å². The van der Waals surface area contributed by atoms with E-state index >= 15 is 0 Å². The Labute approximate surface area is 190 Å². The molecular formula is C23H28N5O5+. The first-order valence-corrected chi connectivity index (χ1v) is 10.8. The van der Waals surface area contributed by atoms with E-state index in [1.54, 1.807) is 25.1 Å². The summed E-state index contributed by atoms with van der Waals surface area (Å²) in [5, 5.41) is 41.1. The van der Waals surface area contributed by atoms with Crippen molar-refractivity contribution in [3.8, 4) is 17.0 Å². The van der Waals surface area contributed by atoms with Crippen molar-refractivity contribution in [1.29, 1.82) is 0 Å². The summed E-state index contributed by atoms with van der Waals surface area (Å²) in [6.45, 7) is 0. The number of aromatic nitrogens is 2. The number of rotatable bonds is 3. The fraction of sp³-hybridized carbons (Fsp3) is 0.435. The molecule has 1 aromatic carbocycles. The number of fused-ring (bicyclic) bond motifs is 4. The molecule has 0 bridgehead atoms. The SMILES string of the molecule is CN(C)c1ccc(O)c2c1CC1CC3C(N(C)C)C(=O)C(C([NH3+])=O)=C(O)C3(O)c3[nH]nc-2c31. The number of aliphatic hydroxyl groups excluding tert-OH is 1. The molecule has 33 heavy (non-hydrogen) atoms. The minimum absolute atomic E-state index is 0.0795. The molecule has 3 aliphatic carbocycles. The average Bonchev–Trinajstić information content (AvgIpc) is 3.17. The molecular weight excluding hydrogens is 426 g/mol. The molecule has 0 saturated heterocycles. The van der Waals surface area contributed by atoms with E-state index in [0.29, 0.717) is 29.7 Å². The van der Waals surface area contributed by atoms with Gasteiger partial charge in [0.2, 0.25) is 0 Å². The number of benzene rings is 1. The zero-order valence-electron chi connectivity index (χ0n) is 19.0. The number of anilines is 1. The second kappa shape index (κ2) is 6.89. The monoisotopic (exact) mass is 454 g/mol. The molecule has 2 aromatic rings. The maximum absolute atomic E-state index is 13.2. The summed E-state index contributed by atoms with van der Waals surface area (Å²) in [4.78, 5) is 29.1. The Bertz CT molecular complexity index is 1250. The Hall–Kier alpha value is -3.21. The van der Waals surface area contributed by atoms with Crippen LogP contribution in [0.4, 0.5) is 5.69 Å². The molecule has 1 amide bonds. The van der Waals surface area contributed by atoms with Gasteiger partial charge < -0.3 is 20.2 Å². The summed E-state index contributed by atoms with van der Waals surface area (Å²) in [6, 6.07) is 2.65. The highest BCUT2D eigenvalue weighted by molar-refractivity contribution is 6.19. The van der Waals surface area contributed by atoms with E-state index < -0.39 is 40.6 Å². The number of aliphatic hydroxyl groups is 2. The second-order valence-electron chi connectivity index (χ2n) is 9.64. The first-order valence-electron chi connectivity index (χ1n) is 10.8. The third kappa shape index (κ3) is 2.62. The summed E-state index contributed by atoms with van der Waals surface area (Å²) in [5.74, 6) is -2.81. The quantitative estimate of drug-likeness (QED) is 0.399. The number of ketones is 1. The lowest BCUT2D eigenvalue weighted by molar-refractivity contribution is -0.299. The first kappa shape index (κ1) is 21.6. The number of aromatic amines is 1. The molecule has 7 N–H and O–H groups in total. The fourth-order valence-electron chi connectivity index (χ4n) is 6.11. The highest BCUT2D eigenvalue weighted by Crippen LogP contribution is 2.58. The van der Waals surface area contributed by atoms with Crippen molar-refractivity contribution < 1.29 is 30.6 Å². The van der Waals surface area contributed by atoms with Crippen LogP contribution < -0.4 is 10.6 Å². The number of Topliss-reactive ketones (excluding diaryl/α,β-unsaturated/α-hetero) is 1. The minimum Gasteiger partial charge on any atom is -0.508 e. The molecule has 4 unspecified atom stereocenters. The number of carbonyl (C=O) groups excluding carboxylic acids is 2. The van der Waals surface area contributed by atoms with Gasteiger partial charge >= 0.3 is 5.91 Å². The smallest absolute Gasteiger partial charge is 0.348 e. The minimum atomic E-state index is -2.01. The fourth-order valence-corrected chi connectivity index (χ4v) is 6.11. The van der Waals surface area contributed by atoms with Crippen LogP contribution in [0.25, 0.3) is 11.3 Å². The number of nitrogens with one attached hydrogen (secondary N) is 1. The summed E-state index contributed by atoms with van der Waals surface area (Å²) in [5.41, 5.74) is 4.79. The van der Waals surface area contributed by atoms with Gasteiger partial charge in [-0.25, -0.2) is 4.79 Å². The maximum atomic E-state index is 13.2. The summed E-state index contributed by atoms with van der Waals surface area (Å²) >= 11 is 0. The Balaban J connectivity index is 1.81. The molecule has 10 nitrogen and oxygen atoms in total. The van der Waals surface area contributed by atoms with E-state index in [2.05, 4.69) is 15.9 Å². The van der Waals surface area contributed by atoms with Crippen LogP contribution in [0.15, 0.2) is 23.5 Å². The number of H-pyrrole nitrogens is 1. The van der Waals surface area contributed by atoms with Crippen LogP contribution in [0.3, 0.4) is 0 Å². The van der Waals surface area contributed by atoms with Gasteiger partial charge in [-0.1, -0.05) is 0 Å². The van der Waals surface area contributed by atoms with Crippen LogP contribution in [0.5, 0.6) is 5.75 Å². The van der Waals surface area contributed by atoms with Gasteiger partial charge in [0.25, 0.3) is 0 Å². The predicted molar refractivity (Wildman–Crippen MR) is 118 cm³/mol. The third-order valence-electron chi connectivity index (χ3n) is 7.43. The number of likely N-dealkylation sites (N-methyl/N-ethyl adjacent to an activating group) is 1. The first-order chi connectivity index (χ1) is 15.5. The Morgan fingerprint density at radius 2 is 1.94 bits per heavy atom. The highest BCUT2D eigenvalue weighted by Gasteiger charge is 2.62.